The molecule has 0 aromatic carbocycles. The molecule has 0 spiro atoms. The van der Waals surface area contributed by atoms with Crippen LogP contribution in [-0.2, 0) is 6.42 Å². The molecule has 88 valence electrons. The Hall–Kier alpha value is -2.37. The summed E-state index contributed by atoms with van der Waals surface area (Å²) in [6, 6.07) is 3.39. The molecule has 1 amide bonds. The third kappa shape index (κ3) is 2.25. The molecule has 0 aliphatic carbocycles. The predicted molar refractivity (Wildman–Crippen MR) is 64.6 cm³/mol. The van der Waals surface area contributed by atoms with Crippen LogP contribution in [0.1, 0.15) is 23.1 Å². The quantitative estimate of drug-likeness (QED) is 0.739. The number of aromatic nitrogens is 3. The molecular formula is C11H13N5O. The lowest BCUT2D eigenvalue weighted by molar-refractivity contribution is 0.102. The molecule has 0 saturated heterocycles. The topological polar surface area (TPSA) is 96.7 Å². The van der Waals surface area contributed by atoms with Crippen molar-refractivity contribution in [2.45, 2.75) is 13.3 Å². The van der Waals surface area contributed by atoms with Crippen molar-refractivity contribution in [2.75, 3.05) is 11.1 Å². The van der Waals surface area contributed by atoms with E-state index in [-0.39, 0.29) is 11.6 Å². The summed E-state index contributed by atoms with van der Waals surface area (Å²) in [5.74, 6) is -0.329. The number of carbonyl (C=O) groups is 1. The fraction of sp³-hybridized carbons (Fsp3) is 0.182. The van der Waals surface area contributed by atoms with Crippen LogP contribution in [0.4, 0.5) is 11.4 Å². The van der Waals surface area contributed by atoms with Crippen LogP contribution in [0.3, 0.4) is 0 Å². The van der Waals surface area contributed by atoms with E-state index >= 15 is 0 Å². The highest BCUT2D eigenvalue weighted by Gasteiger charge is 2.16. The van der Waals surface area contributed by atoms with E-state index in [0.29, 0.717) is 17.8 Å². The number of nitrogens with one attached hydrogen (secondary N) is 2. The molecule has 2 aromatic rings. The summed E-state index contributed by atoms with van der Waals surface area (Å²) < 4.78 is 0. The number of nitrogens with two attached hydrogens (primary N) is 1. The predicted octanol–water partition coefficient (Wildman–Crippen LogP) is 1.20. The molecule has 0 fully saturated rings. The van der Waals surface area contributed by atoms with Gasteiger partial charge in [-0.15, -0.1) is 0 Å². The summed E-state index contributed by atoms with van der Waals surface area (Å²) in [4.78, 5) is 15.7. The van der Waals surface area contributed by atoms with Gasteiger partial charge in [-0.1, -0.05) is 6.92 Å². The van der Waals surface area contributed by atoms with Crippen LogP contribution >= 0.6 is 0 Å². The number of aryl methyl sites for hydroxylation is 1. The van der Waals surface area contributed by atoms with Gasteiger partial charge < -0.3 is 11.1 Å². The molecule has 0 aliphatic heterocycles. The number of nitrogens with zero attached hydrogens (tertiary/aromatic N) is 2. The fourth-order valence-electron chi connectivity index (χ4n) is 1.45. The molecule has 0 saturated carbocycles. The van der Waals surface area contributed by atoms with Crippen molar-refractivity contribution in [2.24, 2.45) is 0 Å². The molecular weight excluding hydrogens is 218 g/mol. The monoisotopic (exact) mass is 231 g/mol. The van der Waals surface area contributed by atoms with Crippen LogP contribution in [0.15, 0.2) is 24.5 Å². The van der Waals surface area contributed by atoms with E-state index in [9.17, 15) is 4.79 Å². The first-order valence-electron chi connectivity index (χ1n) is 5.26. The SMILES string of the molecule is CCc1[nH]nc(C(=O)Nc2ccncc2)c1N. The van der Waals surface area contributed by atoms with Gasteiger partial charge in [0.2, 0.25) is 0 Å². The molecule has 6 nitrogen and oxygen atoms in total. The number of anilines is 2. The Morgan fingerprint density at radius 1 is 1.47 bits per heavy atom. The molecule has 17 heavy (non-hydrogen) atoms. The van der Waals surface area contributed by atoms with Crippen LogP contribution < -0.4 is 11.1 Å². The molecule has 6 heteroatoms. The van der Waals surface area contributed by atoms with Crippen molar-refractivity contribution < 1.29 is 4.79 Å². The van der Waals surface area contributed by atoms with Crippen molar-refractivity contribution >= 4 is 17.3 Å². The number of hydrogen-bond donors (Lipinski definition) is 3. The minimum atomic E-state index is -0.329. The number of pyridine rings is 1. The van der Waals surface area contributed by atoms with E-state index in [4.69, 9.17) is 5.73 Å². The standard InChI is InChI=1S/C11H13N5O/c1-2-8-9(12)10(16-15-8)11(17)14-7-3-5-13-6-4-7/h3-6H,2,12H2,1H3,(H,15,16)(H,13,14,17). The van der Waals surface area contributed by atoms with Crippen molar-refractivity contribution in [3.8, 4) is 0 Å². The molecule has 0 bridgehead atoms. The second kappa shape index (κ2) is 4.65. The zero-order chi connectivity index (χ0) is 12.3. The van der Waals surface area contributed by atoms with Gasteiger partial charge in [-0.25, -0.2) is 0 Å². The van der Waals surface area contributed by atoms with E-state index < -0.39 is 0 Å². The number of hydrogen-bond acceptors (Lipinski definition) is 4. The van der Waals surface area contributed by atoms with Gasteiger partial charge in [0.1, 0.15) is 0 Å². The van der Waals surface area contributed by atoms with Crippen LogP contribution in [0.5, 0.6) is 0 Å². The van der Waals surface area contributed by atoms with Gasteiger partial charge in [0.15, 0.2) is 5.69 Å². The van der Waals surface area contributed by atoms with Gasteiger partial charge in [-0.2, -0.15) is 5.10 Å². The summed E-state index contributed by atoms with van der Waals surface area (Å²) in [5, 5.41) is 9.34. The third-order valence-electron chi connectivity index (χ3n) is 2.39. The van der Waals surface area contributed by atoms with Gasteiger partial charge in [0, 0.05) is 18.1 Å². The lowest BCUT2D eigenvalue weighted by Crippen LogP contribution is -2.14. The molecule has 2 aromatic heterocycles. The smallest absolute Gasteiger partial charge is 0.278 e. The summed E-state index contributed by atoms with van der Waals surface area (Å²) in [6.45, 7) is 1.94. The molecule has 2 heterocycles. The number of rotatable bonds is 3. The van der Waals surface area contributed by atoms with Crippen LogP contribution in [0, 0.1) is 0 Å². The largest absolute Gasteiger partial charge is 0.395 e. The summed E-state index contributed by atoms with van der Waals surface area (Å²) >= 11 is 0. The lowest BCUT2D eigenvalue weighted by atomic mass is 10.2. The van der Waals surface area contributed by atoms with Gasteiger partial charge in [-0.05, 0) is 18.6 Å². The Labute approximate surface area is 98.3 Å². The Balaban J connectivity index is 2.18. The molecule has 2 rings (SSSR count). The average Bonchev–Trinajstić information content (AvgIpc) is 2.71. The molecule has 0 radical (unpaired) electrons. The second-order valence-electron chi connectivity index (χ2n) is 3.51. The lowest BCUT2D eigenvalue weighted by Gasteiger charge is -2.02. The van der Waals surface area contributed by atoms with Gasteiger partial charge >= 0.3 is 0 Å². The number of amides is 1. The van der Waals surface area contributed by atoms with E-state index in [1.165, 1.54) is 0 Å². The Bertz CT molecular complexity index is 520. The molecule has 4 N–H and O–H groups in total. The zero-order valence-electron chi connectivity index (χ0n) is 9.40. The normalized spacial score (nSPS) is 10.2. The Kier molecular flexibility index (Phi) is 3.04. The minimum Gasteiger partial charge on any atom is -0.395 e. The zero-order valence-corrected chi connectivity index (χ0v) is 9.40. The molecule has 0 atom stereocenters. The first kappa shape index (κ1) is 11.1. The van der Waals surface area contributed by atoms with E-state index in [1.54, 1.807) is 24.5 Å². The van der Waals surface area contributed by atoms with E-state index in [1.807, 2.05) is 6.92 Å². The van der Waals surface area contributed by atoms with Crippen LogP contribution in [0.2, 0.25) is 0 Å². The number of carbonyl (C=O) groups excluding carboxylic acids is 1. The summed E-state index contributed by atoms with van der Waals surface area (Å²) in [7, 11) is 0. The number of H-pyrrole nitrogens is 1. The fourth-order valence-corrected chi connectivity index (χ4v) is 1.45. The second-order valence-corrected chi connectivity index (χ2v) is 3.51. The van der Waals surface area contributed by atoms with E-state index in [2.05, 4.69) is 20.5 Å². The number of nitrogen functional groups attached to an aromatic ring is 1. The number of aromatic amines is 1. The highest BCUT2D eigenvalue weighted by Crippen LogP contribution is 2.16. The van der Waals surface area contributed by atoms with Crippen molar-refractivity contribution in [3.63, 3.8) is 0 Å². The highest BCUT2D eigenvalue weighted by molar-refractivity contribution is 6.06. The van der Waals surface area contributed by atoms with Gasteiger partial charge in [-0.3, -0.25) is 14.9 Å². The van der Waals surface area contributed by atoms with Gasteiger partial charge in [0.25, 0.3) is 5.91 Å². The van der Waals surface area contributed by atoms with Crippen LogP contribution in [0.25, 0.3) is 0 Å². The molecule has 0 unspecified atom stereocenters. The van der Waals surface area contributed by atoms with Gasteiger partial charge in [0.05, 0.1) is 11.4 Å². The summed E-state index contributed by atoms with van der Waals surface area (Å²) in [5.41, 5.74) is 7.85. The Morgan fingerprint density at radius 2 is 2.18 bits per heavy atom. The van der Waals surface area contributed by atoms with Crippen LogP contribution in [-0.4, -0.2) is 21.1 Å². The summed E-state index contributed by atoms with van der Waals surface area (Å²) in [6.07, 6.45) is 3.91. The first-order valence-corrected chi connectivity index (χ1v) is 5.26. The van der Waals surface area contributed by atoms with Crippen molar-refractivity contribution in [1.82, 2.24) is 15.2 Å². The maximum Gasteiger partial charge on any atom is 0.278 e. The van der Waals surface area contributed by atoms with Crippen molar-refractivity contribution in [3.05, 3.63) is 35.9 Å². The van der Waals surface area contributed by atoms with E-state index in [0.717, 1.165) is 5.69 Å². The molecule has 0 aliphatic rings. The first-order chi connectivity index (χ1) is 8.22. The maximum absolute atomic E-state index is 11.9. The average molecular weight is 231 g/mol. The maximum atomic E-state index is 11.9. The highest BCUT2D eigenvalue weighted by atomic mass is 16.2. The van der Waals surface area contributed by atoms with Crippen molar-refractivity contribution in [1.29, 1.82) is 0 Å². The third-order valence-corrected chi connectivity index (χ3v) is 2.39. The minimum absolute atomic E-state index is 0.221. The Morgan fingerprint density at radius 3 is 2.76 bits per heavy atom.